The van der Waals surface area contributed by atoms with Crippen LogP contribution in [-0.4, -0.2) is 51.5 Å². The van der Waals surface area contributed by atoms with Crippen molar-refractivity contribution in [3.63, 3.8) is 0 Å². The van der Waals surface area contributed by atoms with E-state index in [9.17, 15) is 13.2 Å². The second kappa shape index (κ2) is 7.21. The van der Waals surface area contributed by atoms with Crippen LogP contribution in [0.4, 0.5) is 0 Å². The average molecular weight is 352 g/mol. The van der Waals surface area contributed by atoms with E-state index in [0.717, 1.165) is 25.7 Å². The van der Waals surface area contributed by atoms with Gasteiger partial charge in [-0.1, -0.05) is 6.07 Å². The molecular weight excluding hydrogens is 328 g/mol. The second-order valence-electron chi connectivity index (χ2n) is 6.64. The smallest absolute Gasteiger partial charge is 0.251 e. The highest BCUT2D eigenvalue weighted by Crippen LogP contribution is 2.21. The van der Waals surface area contributed by atoms with Crippen molar-refractivity contribution in [2.45, 2.75) is 36.6 Å². The third kappa shape index (κ3) is 3.79. The number of ether oxygens (including phenoxy) is 1. The van der Waals surface area contributed by atoms with Gasteiger partial charge in [-0.25, -0.2) is 12.7 Å². The Hall–Kier alpha value is -1.44. The Bertz CT molecular complexity index is 694. The molecular formula is C17H24N2O4S. The summed E-state index contributed by atoms with van der Waals surface area (Å²) in [6.45, 7) is 1.72. The molecule has 1 aliphatic carbocycles. The van der Waals surface area contributed by atoms with Gasteiger partial charge in [-0.15, -0.1) is 0 Å². The number of rotatable bonds is 6. The Morgan fingerprint density at radius 3 is 2.75 bits per heavy atom. The number of carbonyl (C=O) groups excluding carboxylic acids is 1. The number of hydrogen-bond acceptors (Lipinski definition) is 4. The third-order valence-corrected chi connectivity index (χ3v) is 6.60. The predicted octanol–water partition coefficient (Wildman–Crippen LogP) is 1.63. The maximum absolute atomic E-state index is 12.7. The fourth-order valence-corrected chi connectivity index (χ4v) is 4.28. The first-order valence-corrected chi connectivity index (χ1v) is 9.86. The highest BCUT2D eigenvalue weighted by atomic mass is 32.2. The molecule has 1 atom stereocenters. The molecule has 0 bridgehead atoms. The van der Waals surface area contributed by atoms with E-state index < -0.39 is 10.0 Å². The van der Waals surface area contributed by atoms with Crippen LogP contribution in [0.1, 0.15) is 36.0 Å². The van der Waals surface area contributed by atoms with Gasteiger partial charge in [-0.2, -0.15) is 0 Å². The fourth-order valence-electron chi connectivity index (χ4n) is 2.99. The van der Waals surface area contributed by atoms with Crippen molar-refractivity contribution < 1.29 is 17.9 Å². The molecule has 2 fully saturated rings. The summed E-state index contributed by atoms with van der Waals surface area (Å²) in [4.78, 5) is 12.4. The van der Waals surface area contributed by atoms with Crippen LogP contribution in [0.15, 0.2) is 29.2 Å². The van der Waals surface area contributed by atoms with Crippen molar-refractivity contribution in [3.8, 4) is 0 Å². The summed E-state index contributed by atoms with van der Waals surface area (Å²) in [6.07, 6.45) is 4.00. The van der Waals surface area contributed by atoms with E-state index in [1.54, 1.807) is 19.2 Å². The van der Waals surface area contributed by atoms with E-state index in [-0.39, 0.29) is 22.8 Å². The molecule has 1 aromatic carbocycles. The first-order chi connectivity index (χ1) is 11.5. The van der Waals surface area contributed by atoms with Gasteiger partial charge in [0.15, 0.2) is 0 Å². The van der Waals surface area contributed by atoms with Crippen LogP contribution in [0.3, 0.4) is 0 Å². The summed E-state index contributed by atoms with van der Waals surface area (Å²) in [6, 6.07) is 6.50. The monoisotopic (exact) mass is 352 g/mol. The first-order valence-electron chi connectivity index (χ1n) is 8.42. The van der Waals surface area contributed by atoms with Gasteiger partial charge in [-0.05, 0) is 49.8 Å². The number of nitrogens with one attached hydrogen (secondary N) is 1. The number of sulfonamides is 1. The SMILES string of the molecule is CN(C[C@H]1CCOC1)S(=O)(=O)c1cccc(C(=O)NC2CCC2)c1. The van der Waals surface area contributed by atoms with E-state index in [1.807, 2.05) is 0 Å². The Balaban J connectivity index is 1.72. The lowest BCUT2D eigenvalue weighted by molar-refractivity contribution is 0.0916. The average Bonchev–Trinajstić information content (AvgIpc) is 3.03. The van der Waals surface area contributed by atoms with Crippen LogP contribution in [0, 0.1) is 5.92 Å². The van der Waals surface area contributed by atoms with Gasteiger partial charge in [0, 0.05) is 31.8 Å². The Morgan fingerprint density at radius 2 is 2.12 bits per heavy atom. The molecule has 7 heteroatoms. The van der Waals surface area contributed by atoms with Gasteiger partial charge in [0.05, 0.1) is 11.5 Å². The fraction of sp³-hybridized carbons (Fsp3) is 0.588. The van der Waals surface area contributed by atoms with E-state index in [2.05, 4.69) is 5.32 Å². The highest BCUT2D eigenvalue weighted by molar-refractivity contribution is 7.89. The van der Waals surface area contributed by atoms with E-state index in [1.165, 1.54) is 16.4 Å². The van der Waals surface area contributed by atoms with Crippen LogP contribution in [0.25, 0.3) is 0 Å². The zero-order valence-electron chi connectivity index (χ0n) is 13.9. The summed E-state index contributed by atoms with van der Waals surface area (Å²) < 4.78 is 32.1. The van der Waals surface area contributed by atoms with Gasteiger partial charge >= 0.3 is 0 Å². The molecule has 24 heavy (non-hydrogen) atoms. The lowest BCUT2D eigenvalue weighted by Crippen LogP contribution is -2.39. The van der Waals surface area contributed by atoms with Gasteiger partial charge in [-0.3, -0.25) is 4.79 Å². The summed E-state index contributed by atoms with van der Waals surface area (Å²) >= 11 is 0. The van der Waals surface area contributed by atoms with Crippen LogP contribution in [0.5, 0.6) is 0 Å². The summed E-state index contributed by atoms with van der Waals surface area (Å²) in [5, 5.41) is 2.94. The molecule has 1 N–H and O–H groups in total. The minimum atomic E-state index is -3.60. The van der Waals surface area contributed by atoms with E-state index in [0.29, 0.717) is 25.3 Å². The van der Waals surface area contributed by atoms with Crippen LogP contribution >= 0.6 is 0 Å². The Kier molecular flexibility index (Phi) is 5.22. The molecule has 0 aromatic heterocycles. The predicted molar refractivity (Wildman–Crippen MR) is 90.3 cm³/mol. The minimum absolute atomic E-state index is 0.158. The van der Waals surface area contributed by atoms with Crippen molar-refractivity contribution >= 4 is 15.9 Å². The molecule has 1 amide bonds. The summed E-state index contributed by atoms with van der Waals surface area (Å²) in [5.74, 6) is 0.0264. The number of amides is 1. The molecule has 2 aliphatic rings. The largest absolute Gasteiger partial charge is 0.381 e. The Labute approximate surface area is 143 Å². The molecule has 132 valence electrons. The molecule has 1 aliphatic heterocycles. The molecule has 1 heterocycles. The number of nitrogens with zero attached hydrogens (tertiary/aromatic N) is 1. The van der Waals surface area contributed by atoms with Gasteiger partial charge in [0.25, 0.3) is 5.91 Å². The number of benzene rings is 1. The van der Waals surface area contributed by atoms with Gasteiger partial charge in [0.1, 0.15) is 0 Å². The van der Waals surface area contributed by atoms with Crippen LogP contribution < -0.4 is 5.32 Å². The molecule has 1 saturated heterocycles. The molecule has 0 spiro atoms. The van der Waals surface area contributed by atoms with Crippen molar-refractivity contribution in [3.05, 3.63) is 29.8 Å². The summed E-state index contributed by atoms with van der Waals surface area (Å²) in [5.41, 5.74) is 0.389. The van der Waals surface area contributed by atoms with Gasteiger partial charge < -0.3 is 10.1 Å². The highest BCUT2D eigenvalue weighted by Gasteiger charge is 2.27. The third-order valence-electron chi connectivity index (χ3n) is 4.78. The topological polar surface area (TPSA) is 75.7 Å². The van der Waals surface area contributed by atoms with Crippen molar-refractivity contribution in [1.82, 2.24) is 9.62 Å². The molecule has 6 nitrogen and oxygen atoms in total. The molecule has 0 unspecified atom stereocenters. The standard InChI is InChI=1S/C17H24N2O4S/c1-19(11-13-8-9-23-12-13)24(21,22)16-7-2-4-14(10-16)17(20)18-15-5-3-6-15/h2,4,7,10,13,15H,3,5-6,8-9,11-12H2,1H3,(H,18,20)/t13-/m1/s1. The zero-order chi connectivity index (χ0) is 17.2. The Morgan fingerprint density at radius 1 is 1.33 bits per heavy atom. The normalized spacial score (nSPS) is 21.7. The molecule has 3 rings (SSSR count). The molecule has 1 saturated carbocycles. The second-order valence-corrected chi connectivity index (χ2v) is 8.69. The van der Waals surface area contributed by atoms with Crippen molar-refractivity contribution in [2.75, 3.05) is 26.8 Å². The van der Waals surface area contributed by atoms with E-state index in [4.69, 9.17) is 4.74 Å². The quantitative estimate of drug-likeness (QED) is 0.844. The maximum atomic E-state index is 12.7. The first kappa shape index (κ1) is 17.4. The van der Waals surface area contributed by atoms with Crippen LogP contribution in [-0.2, 0) is 14.8 Å². The van der Waals surface area contributed by atoms with Crippen molar-refractivity contribution in [2.24, 2.45) is 5.92 Å². The van der Waals surface area contributed by atoms with Gasteiger partial charge in [0.2, 0.25) is 10.0 Å². The number of hydrogen-bond donors (Lipinski definition) is 1. The summed E-state index contributed by atoms with van der Waals surface area (Å²) in [7, 11) is -2.03. The minimum Gasteiger partial charge on any atom is -0.381 e. The van der Waals surface area contributed by atoms with Crippen LogP contribution in [0.2, 0.25) is 0 Å². The molecule has 1 aromatic rings. The maximum Gasteiger partial charge on any atom is 0.251 e. The zero-order valence-corrected chi connectivity index (χ0v) is 14.7. The van der Waals surface area contributed by atoms with Crippen molar-refractivity contribution in [1.29, 1.82) is 0 Å². The van der Waals surface area contributed by atoms with E-state index >= 15 is 0 Å². The lowest BCUT2D eigenvalue weighted by Gasteiger charge is -2.26. The molecule has 0 radical (unpaired) electrons. The number of carbonyl (C=O) groups is 1. The lowest BCUT2D eigenvalue weighted by atomic mass is 9.93.